The lowest BCUT2D eigenvalue weighted by atomic mass is 9.98. The SMILES string of the molecule is CC(=NC(C)C)Nc1cc(NC(C)=NC(C)C)c2ccccc2c1.CC(CC(C)C)=Nc1ccc(NC(C)=NC(C)C)c2ccccc12.CC(CC(C)C)=Nc1ccc(NC(C)=NC(C)C)c2ccccc12.CC(Cc1c(C)cccc1C)=Nc1ccc(NC(C)=Nc2c(C)cccc2C)c2ccccc12. The van der Waals surface area contributed by atoms with E-state index >= 15 is 0 Å². The number of hydrogen-bond donors (Lipinski definition) is 5. The zero-order chi connectivity index (χ0) is 77.3. The molecule has 0 fully saturated rings. The van der Waals surface area contributed by atoms with Gasteiger partial charge >= 0.3 is 0 Å². The smallest absolute Gasteiger partial charge is 0.103 e. The van der Waals surface area contributed by atoms with E-state index in [2.05, 4.69) is 360 Å². The first-order valence-electron chi connectivity index (χ1n) is 37.8. The lowest BCUT2D eigenvalue weighted by molar-refractivity contribution is 0.682. The van der Waals surface area contributed by atoms with Gasteiger partial charge in [-0.15, -0.1) is 0 Å². The number of nitrogens with zero attached hydrogens (tertiary/aromatic N) is 8. The summed E-state index contributed by atoms with van der Waals surface area (Å²) in [5.41, 5.74) is 19.2. The fraction of sp³-hybridized carbons (Fsp3) is 0.355. The number of nitrogens with one attached hydrogen (secondary N) is 5. The largest absolute Gasteiger partial charge is 0.344 e. The number of amidine groups is 5. The lowest BCUT2D eigenvalue weighted by Crippen LogP contribution is -2.12. The second-order valence-electron chi connectivity index (χ2n) is 29.9. The van der Waals surface area contributed by atoms with Crippen LogP contribution in [-0.4, -0.2) is 70.5 Å². The average Bonchev–Trinajstić information content (AvgIpc) is 0.810. The molecule has 10 aromatic rings. The van der Waals surface area contributed by atoms with Crippen LogP contribution in [0, 0.1) is 39.5 Å². The van der Waals surface area contributed by atoms with Crippen LogP contribution in [0.1, 0.15) is 179 Å². The molecule has 0 saturated carbocycles. The maximum Gasteiger partial charge on any atom is 0.103 e. The van der Waals surface area contributed by atoms with E-state index in [0.717, 1.165) is 116 Å². The number of benzene rings is 10. The lowest BCUT2D eigenvalue weighted by Gasteiger charge is -2.14. The first-order valence-corrected chi connectivity index (χ1v) is 37.8. The van der Waals surface area contributed by atoms with Gasteiger partial charge < -0.3 is 26.6 Å². The van der Waals surface area contributed by atoms with E-state index in [-0.39, 0.29) is 24.2 Å². The maximum absolute atomic E-state index is 5.03. The Bertz CT molecular complexity index is 4700. The van der Waals surface area contributed by atoms with E-state index in [4.69, 9.17) is 20.0 Å². The van der Waals surface area contributed by atoms with Crippen LogP contribution < -0.4 is 26.6 Å². The average molecular weight is 1420 g/mol. The predicted molar refractivity (Wildman–Crippen MR) is 472 cm³/mol. The minimum Gasteiger partial charge on any atom is -0.344 e. The third-order valence-electron chi connectivity index (χ3n) is 17.1. The quantitative estimate of drug-likeness (QED) is 0.0402. The summed E-state index contributed by atoms with van der Waals surface area (Å²) >= 11 is 0. The van der Waals surface area contributed by atoms with E-state index in [0.29, 0.717) is 11.8 Å². The monoisotopic (exact) mass is 1420 g/mol. The highest BCUT2D eigenvalue weighted by Gasteiger charge is 2.14. The Morgan fingerprint density at radius 2 is 0.613 bits per heavy atom. The third-order valence-corrected chi connectivity index (χ3v) is 17.1. The molecule has 0 aliphatic rings. The summed E-state index contributed by atoms with van der Waals surface area (Å²) < 4.78 is 0. The van der Waals surface area contributed by atoms with E-state index in [9.17, 15) is 0 Å². The highest BCUT2D eigenvalue weighted by molar-refractivity contribution is 6.11. The van der Waals surface area contributed by atoms with Crippen LogP contribution in [0.2, 0.25) is 0 Å². The Hall–Kier alpha value is -10.4. The number of aryl methyl sites for hydroxylation is 4. The van der Waals surface area contributed by atoms with E-state index in [1.165, 1.54) is 71.6 Å². The number of hydrogen-bond acceptors (Lipinski definition) is 8. The van der Waals surface area contributed by atoms with Crippen molar-refractivity contribution in [1.29, 1.82) is 0 Å². The van der Waals surface area contributed by atoms with Crippen molar-refractivity contribution >= 4 is 141 Å². The molecule has 0 saturated heterocycles. The van der Waals surface area contributed by atoms with Crippen LogP contribution in [0.15, 0.2) is 222 Å². The molecule has 13 heteroatoms. The van der Waals surface area contributed by atoms with Gasteiger partial charge in [-0.05, 0) is 245 Å². The van der Waals surface area contributed by atoms with Crippen molar-refractivity contribution in [2.75, 3.05) is 26.6 Å². The van der Waals surface area contributed by atoms with Crippen LogP contribution in [0.25, 0.3) is 43.1 Å². The van der Waals surface area contributed by atoms with Gasteiger partial charge in [0.15, 0.2) is 0 Å². The molecule has 0 spiro atoms. The summed E-state index contributed by atoms with van der Waals surface area (Å²) in [6, 6.07) is 64.3. The zero-order valence-electron chi connectivity index (χ0n) is 68.0. The third kappa shape index (κ3) is 25.7. The molecule has 0 unspecified atom stereocenters. The summed E-state index contributed by atoms with van der Waals surface area (Å²) in [6.45, 7) is 50.4. The molecule has 0 amide bonds. The van der Waals surface area contributed by atoms with Gasteiger partial charge in [0.05, 0.1) is 46.1 Å². The minimum atomic E-state index is 0.269. The fourth-order valence-corrected chi connectivity index (χ4v) is 13.1. The molecule has 10 rings (SSSR count). The highest BCUT2D eigenvalue weighted by Crippen LogP contribution is 2.37. The first kappa shape index (κ1) is 82.9. The molecular formula is C93H119N13. The molecule has 13 nitrogen and oxygen atoms in total. The van der Waals surface area contributed by atoms with Gasteiger partial charge in [-0.25, -0.2) is 4.99 Å². The van der Waals surface area contributed by atoms with Crippen LogP contribution in [0.5, 0.6) is 0 Å². The Morgan fingerprint density at radius 3 is 0.991 bits per heavy atom. The van der Waals surface area contributed by atoms with E-state index in [1.807, 2.05) is 34.6 Å². The molecule has 0 atom stereocenters. The van der Waals surface area contributed by atoms with Crippen molar-refractivity contribution in [3.05, 3.63) is 210 Å². The van der Waals surface area contributed by atoms with Crippen molar-refractivity contribution < 1.29 is 0 Å². The molecule has 556 valence electrons. The normalized spacial score (nSPS) is 12.8. The zero-order valence-corrected chi connectivity index (χ0v) is 68.0. The van der Waals surface area contributed by atoms with Crippen molar-refractivity contribution in [3.63, 3.8) is 0 Å². The predicted octanol–water partition coefficient (Wildman–Crippen LogP) is 26.3. The molecule has 0 radical (unpaired) electrons. The van der Waals surface area contributed by atoms with Crippen molar-refractivity contribution in [1.82, 2.24) is 0 Å². The molecule has 10 aromatic carbocycles. The van der Waals surface area contributed by atoms with Gasteiger partial charge in [0, 0.05) is 114 Å². The van der Waals surface area contributed by atoms with E-state index in [1.54, 1.807) is 0 Å². The number of anilines is 5. The second-order valence-corrected chi connectivity index (χ2v) is 29.9. The fourth-order valence-electron chi connectivity index (χ4n) is 13.1. The van der Waals surface area contributed by atoms with Crippen LogP contribution in [-0.2, 0) is 6.42 Å². The molecule has 106 heavy (non-hydrogen) atoms. The molecule has 5 N–H and O–H groups in total. The molecule has 0 heterocycles. The molecule has 0 aliphatic carbocycles. The molecule has 0 aromatic heterocycles. The van der Waals surface area contributed by atoms with Crippen molar-refractivity contribution in [2.45, 2.75) is 210 Å². The summed E-state index contributed by atoms with van der Waals surface area (Å²) in [7, 11) is 0. The van der Waals surface area contributed by atoms with Crippen LogP contribution in [0.3, 0.4) is 0 Å². The van der Waals surface area contributed by atoms with Gasteiger partial charge in [-0.2, -0.15) is 0 Å². The number of para-hydroxylation sites is 1. The van der Waals surface area contributed by atoms with Crippen LogP contribution >= 0.6 is 0 Å². The molecule has 0 bridgehead atoms. The highest BCUT2D eigenvalue weighted by atomic mass is 15.0. The maximum atomic E-state index is 5.03. The van der Waals surface area contributed by atoms with Crippen molar-refractivity contribution in [3.8, 4) is 0 Å². The van der Waals surface area contributed by atoms with Crippen LogP contribution in [0.4, 0.5) is 51.2 Å². The minimum absolute atomic E-state index is 0.269. The Morgan fingerprint density at radius 1 is 0.292 bits per heavy atom. The Kier molecular flexibility index (Phi) is 31.4. The number of aliphatic imine (C=N–C) groups is 8. The summed E-state index contributed by atoms with van der Waals surface area (Å²) in [4.78, 5) is 37.9. The van der Waals surface area contributed by atoms with Gasteiger partial charge in [0.1, 0.15) is 5.84 Å². The number of rotatable bonds is 19. The van der Waals surface area contributed by atoms with Gasteiger partial charge in [-0.1, -0.05) is 161 Å². The topological polar surface area (TPSA) is 159 Å². The standard InChI is InChI=1S/C31H33N3.2C21H29N3.C20H28N4/c1-20-11-9-12-21(2)28(20)19-24(5)32-29-17-18-30(27-16-8-7-15-26(27)29)33-25(6)34-31-22(3)13-10-14-23(31)4;2*1-14(2)13-16(5)23-20-11-12-21(24-17(6)22-15(3)4)19-10-8-7-9-18(19)20;1-13(2)21-15(5)23-18-11-17-9-7-8-10-19(17)20(12-18)24-16(6)22-14(3)4/h7-18H,19H2,1-6H3,(H,33,34);2*7-12,14-15H,13H2,1-6H3,(H,22,24);7-14H,1-6H3,(H,21,23)(H,22,24). The van der Waals surface area contributed by atoms with Crippen molar-refractivity contribution in [2.24, 2.45) is 51.8 Å². The van der Waals surface area contributed by atoms with E-state index < -0.39 is 0 Å². The molecular weight excluding hydrogens is 1300 g/mol. The van der Waals surface area contributed by atoms with Gasteiger partial charge in [0.2, 0.25) is 0 Å². The Labute approximate surface area is 634 Å². The van der Waals surface area contributed by atoms with Gasteiger partial charge in [0.25, 0.3) is 0 Å². The first-order chi connectivity index (χ1) is 50.4. The summed E-state index contributed by atoms with van der Waals surface area (Å²) in [5.74, 6) is 5.81. The second kappa shape index (κ2) is 40.2. The summed E-state index contributed by atoms with van der Waals surface area (Å²) in [5, 5.41) is 26.5. The molecule has 0 aliphatic heterocycles. The number of fused-ring (bicyclic) bond motifs is 4. The summed E-state index contributed by atoms with van der Waals surface area (Å²) in [6.07, 6.45) is 2.90. The van der Waals surface area contributed by atoms with Gasteiger partial charge in [-0.3, -0.25) is 34.9 Å². The Balaban J connectivity index is 0.000000200.